The van der Waals surface area contributed by atoms with Crippen molar-refractivity contribution in [2.24, 2.45) is 0 Å². The summed E-state index contributed by atoms with van der Waals surface area (Å²) < 4.78 is 31.3. The second-order valence-electron chi connectivity index (χ2n) is 5.63. The van der Waals surface area contributed by atoms with Crippen LogP contribution in [-0.4, -0.2) is 101 Å². The van der Waals surface area contributed by atoms with Gasteiger partial charge in [0, 0.05) is 41.5 Å². The molecule has 142 valence electrons. The van der Waals surface area contributed by atoms with Gasteiger partial charge < -0.3 is 49.3 Å². The van der Waals surface area contributed by atoms with Crippen molar-refractivity contribution in [2.75, 3.05) is 41.5 Å². The third kappa shape index (κ3) is 4.22. The van der Waals surface area contributed by atoms with Crippen LogP contribution in [0.15, 0.2) is 0 Å². The smallest absolute Gasteiger partial charge is 0.187 e. The van der Waals surface area contributed by atoms with Crippen LogP contribution in [-0.2, 0) is 28.4 Å². The quantitative estimate of drug-likeness (QED) is 0.334. The van der Waals surface area contributed by atoms with E-state index in [1.165, 1.54) is 28.4 Å². The van der Waals surface area contributed by atoms with Crippen molar-refractivity contribution in [3.8, 4) is 0 Å². The van der Waals surface area contributed by atoms with Gasteiger partial charge in [-0.1, -0.05) is 0 Å². The minimum Gasteiger partial charge on any atom is -0.386 e. The summed E-state index contributed by atoms with van der Waals surface area (Å²) in [6.07, 6.45) is -4.35. The topological polar surface area (TPSA) is 120 Å². The van der Waals surface area contributed by atoms with Gasteiger partial charge in [-0.05, 0) is 0 Å². The molecule has 0 saturated carbocycles. The summed E-state index contributed by atoms with van der Waals surface area (Å²) >= 11 is 0. The Balaban J connectivity index is 1.77. The maximum atomic E-state index is 10.1. The molecule has 0 aromatic carbocycles. The lowest BCUT2D eigenvalue weighted by atomic mass is 10.1. The third-order valence-corrected chi connectivity index (χ3v) is 4.23. The molecule has 0 radical (unpaired) electrons. The second kappa shape index (κ2) is 9.34. The Morgan fingerprint density at radius 1 is 0.667 bits per heavy atom. The summed E-state index contributed by atoms with van der Waals surface area (Å²) in [7, 11) is 5.93. The molecule has 2 rings (SSSR count). The molecule has 0 aromatic rings. The molecule has 2 fully saturated rings. The third-order valence-electron chi connectivity index (χ3n) is 4.23. The van der Waals surface area contributed by atoms with Crippen molar-refractivity contribution in [2.45, 2.75) is 49.5 Å². The van der Waals surface area contributed by atoms with Gasteiger partial charge in [0.25, 0.3) is 0 Å². The van der Waals surface area contributed by atoms with E-state index in [4.69, 9.17) is 28.4 Å². The first-order valence-electron chi connectivity index (χ1n) is 7.82. The highest BCUT2D eigenvalue weighted by Crippen LogP contribution is 2.23. The van der Waals surface area contributed by atoms with Gasteiger partial charge in [0.1, 0.15) is 12.2 Å². The maximum absolute atomic E-state index is 10.1. The molecule has 10 nitrogen and oxygen atoms in total. The molecule has 4 N–H and O–H groups in total. The minimum absolute atomic E-state index is 0.420. The maximum Gasteiger partial charge on any atom is 0.187 e. The zero-order valence-corrected chi connectivity index (χ0v) is 14.4. The Bertz CT molecular complexity index is 339. The molecular weight excluding hydrogens is 324 g/mol. The van der Waals surface area contributed by atoms with E-state index in [1.807, 2.05) is 0 Å². The summed E-state index contributed by atoms with van der Waals surface area (Å²) in [5.41, 5.74) is 0. The van der Waals surface area contributed by atoms with Crippen LogP contribution in [0.25, 0.3) is 0 Å². The Morgan fingerprint density at radius 2 is 1.00 bits per heavy atom. The zero-order valence-electron chi connectivity index (χ0n) is 14.4. The molecule has 0 aliphatic carbocycles. The molecule has 2 heterocycles. The minimum atomic E-state index is -0.843. The molecule has 0 aromatic heterocycles. The van der Waals surface area contributed by atoms with Gasteiger partial charge in [-0.25, -0.2) is 0 Å². The zero-order chi connectivity index (χ0) is 17.7. The molecule has 8 unspecified atom stereocenters. The summed E-state index contributed by atoms with van der Waals surface area (Å²) in [6, 6.07) is -0.840. The number of aliphatic hydroxyl groups excluding tert-OH is 2. The molecule has 24 heavy (non-hydrogen) atoms. The number of hydrogen-bond donors (Lipinski definition) is 4. The van der Waals surface area contributed by atoms with E-state index in [-0.39, 0.29) is 0 Å². The highest BCUT2D eigenvalue weighted by atomic mass is 16.8. The molecule has 0 spiro atoms. The van der Waals surface area contributed by atoms with Crippen molar-refractivity contribution in [1.29, 1.82) is 0 Å². The summed E-state index contributed by atoms with van der Waals surface area (Å²) in [4.78, 5) is 0. The Kier molecular flexibility index (Phi) is 7.75. The largest absolute Gasteiger partial charge is 0.386 e. The first-order valence-corrected chi connectivity index (χ1v) is 7.82. The number of rotatable bonds is 9. The molecule has 2 aliphatic rings. The Hall–Kier alpha value is -0.400. The summed E-state index contributed by atoms with van der Waals surface area (Å²) in [5, 5.41) is 26.6. The Morgan fingerprint density at radius 3 is 1.29 bits per heavy atom. The van der Waals surface area contributed by atoms with Crippen LogP contribution in [0.1, 0.15) is 0 Å². The van der Waals surface area contributed by atoms with Crippen molar-refractivity contribution < 1.29 is 38.6 Å². The fourth-order valence-electron chi connectivity index (χ4n) is 2.96. The number of nitrogens with one attached hydrogen (secondary N) is 2. The lowest BCUT2D eigenvalue weighted by Gasteiger charge is -2.23. The van der Waals surface area contributed by atoms with Crippen LogP contribution in [0.5, 0.6) is 0 Å². The standard InChI is InChI=1S/C14H28N2O8/c1-19-11-7(9(17)13(21-3)23-11)15-5-6-16-8-10(18)14(22-4)24-12(8)20-2/h7-18H,5-6H2,1-4H3. The summed E-state index contributed by atoms with van der Waals surface area (Å²) in [6.45, 7) is 0.997. The SMILES string of the molecule is COC1OC(OC)C(NCCNC2C(OC)OC(OC)C2O)C1O. The van der Waals surface area contributed by atoms with E-state index < -0.39 is 49.5 Å². The van der Waals surface area contributed by atoms with Crippen LogP contribution in [0.2, 0.25) is 0 Å². The molecule has 0 amide bonds. The van der Waals surface area contributed by atoms with Crippen LogP contribution in [0.3, 0.4) is 0 Å². The second-order valence-corrected chi connectivity index (χ2v) is 5.63. The monoisotopic (exact) mass is 352 g/mol. The summed E-state index contributed by atoms with van der Waals surface area (Å²) in [5.74, 6) is 0. The first kappa shape index (κ1) is 19.9. The highest BCUT2D eigenvalue weighted by Gasteiger charge is 2.45. The van der Waals surface area contributed by atoms with E-state index in [0.717, 1.165) is 0 Å². The van der Waals surface area contributed by atoms with Crippen molar-refractivity contribution in [3.05, 3.63) is 0 Å². The van der Waals surface area contributed by atoms with Crippen LogP contribution in [0.4, 0.5) is 0 Å². The van der Waals surface area contributed by atoms with E-state index in [1.54, 1.807) is 0 Å². The molecule has 0 bridgehead atoms. The fraction of sp³-hybridized carbons (Fsp3) is 1.00. The predicted octanol–water partition coefficient (Wildman–Crippen LogP) is -2.42. The molecular formula is C14H28N2O8. The fourth-order valence-corrected chi connectivity index (χ4v) is 2.96. The lowest BCUT2D eigenvalue weighted by Crippen LogP contribution is -2.51. The predicted molar refractivity (Wildman–Crippen MR) is 81.0 cm³/mol. The van der Waals surface area contributed by atoms with Gasteiger partial charge in [-0.15, -0.1) is 0 Å². The van der Waals surface area contributed by atoms with Crippen molar-refractivity contribution in [3.63, 3.8) is 0 Å². The van der Waals surface area contributed by atoms with Gasteiger partial charge >= 0.3 is 0 Å². The van der Waals surface area contributed by atoms with Gasteiger partial charge in [0.05, 0.1) is 12.1 Å². The number of aliphatic hydroxyl groups is 2. The normalized spacial score (nSPS) is 42.8. The van der Waals surface area contributed by atoms with Crippen LogP contribution in [0, 0.1) is 0 Å². The van der Waals surface area contributed by atoms with Crippen LogP contribution >= 0.6 is 0 Å². The van der Waals surface area contributed by atoms with Crippen molar-refractivity contribution in [1.82, 2.24) is 10.6 Å². The number of hydrogen-bond acceptors (Lipinski definition) is 10. The molecule has 2 aliphatic heterocycles. The van der Waals surface area contributed by atoms with Gasteiger partial charge in [0.15, 0.2) is 25.2 Å². The highest BCUT2D eigenvalue weighted by molar-refractivity contribution is 4.90. The number of ether oxygens (including phenoxy) is 6. The molecule has 2 saturated heterocycles. The lowest BCUT2D eigenvalue weighted by molar-refractivity contribution is -0.200. The van der Waals surface area contributed by atoms with E-state index in [0.29, 0.717) is 13.1 Å². The first-order chi connectivity index (χ1) is 11.6. The molecule has 10 heteroatoms. The number of methoxy groups -OCH3 is 4. The average molecular weight is 352 g/mol. The van der Waals surface area contributed by atoms with Gasteiger partial charge in [0.2, 0.25) is 0 Å². The Labute approximate surface area is 141 Å². The molecule has 8 atom stereocenters. The average Bonchev–Trinajstić information content (AvgIpc) is 3.08. The van der Waals surface area contributed by atoms with E-state index in [9.17, 15) is 10.2 Å². The van der Waals surface area contributed by atoms with E-state index in [2.05, 4.69) is 10.6 Å². The van der Waals surface area contributed by atoms with E-state index >= 15 is 0 Å². The van der Waals surface area contributed by atoms with Crippen molar-refractivity contribution >= 4 is 0 Å². The van der Waals surface area contributed by atoms with Crippen LogP contribution < -0.4 is 10.6 Å². The van der Waals surface area contributed by atoms with Gasteiger partial charge in [-0.2, -0.15) is 0 Å². The van der Waals surface area contributed by atoms with Gasteiger partial charge in [-0.3, -0.25) is 0 Å².